The third-order valence-corrected chi connectivity index (χ3v) is 2.08. The van der Waals surface area contributed by atoms with Gasteiger partial charge in [0.25, 0.3) is 0 Å². The van der Waals surface area contributed by atoms with Crippen molar-refractivity contribution in [3.05, 3.63) is 0 Å². The van der Waals surface area contributed by atoms with Gasteiger partial charge in [0, 0.05) is 33.1 Å². The predicted octanol–water partition coefficient (Wildman–Crippen LogP) is -0.326. The smallest absolute Gasteiger partial charge is 0.236 e. The van der Waals surface area contributed by atoms with Gasteiger partial charge in [-0.2, -0.15) is 5.26 Å². The Morgan fingerprint density at radius 2 is 2.33 bits per heavy atom. The minimum absolute atomic E-state index is 0.152. The third-order valence-electron chi connectivity index (χ3n) is 2.08. The number of carbonyl (C=O) groups excluding carboxylic acids is 1. The normalized spacial score (nSPS) is 19.3. The second-order valence-corrected chi connectivity index (χ2v) is 3.00. The van der Waals surface area contributed by atoms with Crippen molar-refractivity contribution in [3.8, 4) is 6.07 Å². The maximum absolute atomic E-state index is 11.2. The van der Waals surface area contributed by atoms with E-state index in [1.807, 2.05) is 11.9 Å². The van der Waals surface area contributed by atoms with Crippen LogP contribution in [0, 0.1) is 11.3 Å². The summed E-state index contributed by atoms with van der Waals surface area (Å²) in [5.41, 5.74) is 0. The molecule has 0 atom stereocenters. The van der Waals surface area contributed by atoms with Crippen molar-refractivity contribution < 1.29 is 4.79 Å². The molecular formula is C8H13N3O. The molecule has 0 bridgehead atoms. The zero-order valence-electron chi connectivity index (χ0n) is 7.29. The number of piperazine rings is 1. The molecule has 0 spiro atoms. The number of nitriles is 1. The monoisotopic (exact) mass is 167 g/mol. The lowest BCUT2D eigenvalue weighted by Crippen LogP contribution is -2.48. The molecule has 1 fully saturated rings. The molecule has 1 aliphatic rings. The van der Waals surface area contributed by atoms with Crippen molar-refractivity contribution in [1.29, 1.82) is 5.26 Å². The van der Waals surface area contributed by atoms with Crippen LogP contribution in [-0.2, 0) is 4.79 Å². The topological polar surface area (TPSA) is 47.3 Å². The van der Waals surface area contributed by atoms with Gasteiger partial charge in [0.1, 0.15) is 0 Å². The molecule has 1 saturated heterocycles. The van der Waals surface area contributed by atoms with Crippen LogP contribution in [0.5, 0.6) is 0 Å². The summed E-state index contributed by atoms with van der Waals surface area (Å²) in [5.74, 6) is 0.152. The summed E-state index contributed by atoms with van der Waals surface area (Å²) in [6.45, 7) is 2.86. The summed E-state index contributed by atoms with van der Waals surface area (Å²) in [5, 5.41) is 8.34. The number of rotatable bonds is 2. The second kappa shape index (κ2) is 4.07. The average Bonchev–Trinajstić information content (AvgIpc) is 2.07. The maximum atomic E-state index is 11.2. The molecule has 0 N–H and O–H groups in total. The second-order valence-electron chi connectivity index (χ2n) is 3.00. The van der Waals surface area contributed by atoms with Crippen molar-refractivity contribution in [3.63, 3.8) is 0 Å². The number of carbonyl (C=O) groups is 1. The summed E-state index contributed by atoms with van der Waals surface area (Å²) in [6.07, 6.45) is 0.511. The molecule has 4 nitrogen and oxygen atoms in total. The van der Waals surface area contributed by atoms with Crippen LogP contribution in [0.15, 0.2) is 0 Å². The minimum Gasteiger partial charge on any atom is -0.343 e. The molecule has 0 aromatic heterocycles. The molecule has 1 amide bonds. The van der Waals surface area contributed by atoms with Crippen LogP contribution in [0.4, 0.5) is 0 Å². The Bertz CT molecular complexity index is 209. The molecule has 0 saturated carbocycles. The molecule has 66 valence electrons. The summed E-state index contributed by atoms with van der Waals surface area (Å²) in [4.78, 5) is 14.9. The Labute approximate surface area is 72.4 Å². The Kier molecular flexibility index (Phi) is 3.06. The van der Waals surface area contributed by atoms with Gasteiger partial charge in [-0.05, 0) is 0 Å². The van der Waals surface area contributed by atoms with E-state index < -0.39 is 0 Å². The lowest BCUT2D eigenvalue weighted by Gasteiger charge is -2.31. The quantitative estimate of drug-likeness (QED) is 0.566. The lowest BCUT2D eigenvalue weighted by molar-refractivity contribution is -0.134. The molecule has 0 aromatic rings. The van der Waals surface area contributed by atoms with Gasteiger partial charge in [-0.15, -0.1) is 0 Å². The van der Waals surface area contributed by atoms with Crippen molar-refractivity contribution >= 4 is 5.91 Å². The molecule has 1 rings (SSSR count). The number of nitrogens with zero attached hydrogens (tertiary/aromatic N) is 3. The standard InChI is InChI=1S/C8H13N3O/c1-10-5-6-11(4-2-3-9)7-8(10)12/h2,4-7H2,1H3. The summed E-state index contributed by atoms with van der Waals surface area (Å²) in [6, 6.07) is 2.07. The molecule has 0 unspecified atom stereocenters. The summed E-state index contributed by atoms with van der Waals surface area (Å²) in [7, 11) is 1.81. The van der Waals surface area contributed by atoms with Crippen molar-refractivity contribution in [2.45, 2.75) is 6.42 Å². The van der Waals surface area contributed by atoms with Crippen LogP contribution in [0.1, 0.15) is 6.42 Å². The molecule has 0 aliphatic carbocycles. The van der Waals surface area contributed by atoms with Gasteiger partial charge in [-0.1, -0.05) is 0 Å². The van der Waals surface area contributed by atoms with Crippen LogP contribution in [0.3, 0.4) is 0 Å². The van der Waals surface area contributed by atoms with E-state index >= 15 is 0 Å². The van der Waals surface area contributed by atoms with Gasteiger partial charge in [0.15, 0.2) is 0 Å². The number of likely N-dealkylation sites (N-methyl/N-ethyl adjacent to an activating group) is 1. The molecule has 0 radical (unpaired) electrons. The lowest BCUT2D eigenvalue weighted by atomic mass is 10.3. The molecule has 4 heteroatoms. The number of amides is 1. The highest BCUT2D eigenvalue weighted by atomic mass is 16.2. The first-order valence-corrected chi connectivity index (χ1v) is 4.07. The fourth-order valence-electron chi connectivity index (χ4n) is 1.21. The average molecular weight is 167 g/mol. The SMILES string of the molecule is CN1CCN(CCC#N)CC1=O. The van der Waals surface area contributed by atoms with Crippen LogP contribution in [0.25, 0.3) is 0 Å². The van der Waals surface area contributed by atoms with Gasteiger partial charge in [0.2, 0.25) is 5.91 Å². The van der Waals surface area contributed by atoms with Crippen LogP contribution >= 0.6 is 0 Å². The highest BCUT2D eigenvalue weighted by Crippen LogP contribution is 2.00. The highest BCUT2D eigenvalue weighted by molar-refractivity contribution is 5.78. The van der Waals surface area contributed by atoms with E-state index in [-0.39, 0.29) is 5.91 Å². The highest BCUT2D eigenvalue weighted by Gasteiger charge is 2.19. The van der Waals surface area contributed by atoms with Gasteiger partial charge < -0.3 is 4.90 Å². The fourth-order valence-corrected chi connectivity index (χ4v) is 1.21. The Balaban J connectivity index is 2.31. The molecule has 12 heavy (non-hydrogen) atoms. The minimum atomic E-state index is 0.152. The Hall–Kier alpha value is -1.08. The Morgan fingerprint density at radius 1 is 1.58 bits per heavy atom. The van der Waals surface area contributed by atoms with Gasteiger partial charge in [0.05, 0.1) is 12.6 Å². The van der Waals surface area contributed by atoms with Gasteiger partial charge in [-0.3, -0.25) is 9.69 Å². The van der Waals surface area contributed by atoms with Crippen LogP contribution < -0.4 is 0 Å². The van der Waals surface area contributed by atoms with E-state index in [2.05, 4.69) is 6.07 Å². The third kappa shape index (κ3) is 2.21. The van der Waals surface area contributed by atoms with Crippen molar-refractivity contribution in [1.82, 2.24) is 9.80 Å². The first-order valence-electron chi connectivity index (χ1n) is 4.07. The van der Waals surface area contributed by atoms with Crippen LogP contribution in [-0.4, -0.2) is 48.9 Å². The zero-order valence-corrected chi connectivity index (χ0v) is 7.29. The van der Waals surface area contributed by atoms with Gasteiger partial charge in [-0.25, -0.2) is 0 Å². The zero-order chi connectivity index (χ0) is 8.97. The van der Waals surface area contributed by atoms with Gasteiger partial charge >= 0.3 is 0 Å². The fraction of sp³-hybridized carbons (Fsp3) is 0.750. The summed E-state index contributed by atoms with van der Waals surface area (Å²) >= 11 is 0. The van der Waals surface area contributed by atoms with E-state index in [1.54, 1.807) is 4.90 Å². The van der Waals surface area contributed by atoms with E-state index in [4.69, 9.17) is 5.26 Å². The number of hydrogen-bond acceptors (Lipinski definition) is 3. The molecule has 1 heterocycles. The largest absolute Gasteiger partial charge is 0.343 e. The molecule has 1 aliphatic heterocycles. The van der Waals surface area contributed by atoms with Crippen molar-refractivity contribution in [2.24, 2.45) is 0 Å². The van der Waals surface area contributed by atoms with E-state index in [9.17, 15) is 4.79 Å². The van der Waals surface area contributed by atoms with E-state index in [1.165, 1.54) is 0 Å². The predicted molar refractivity (Wildman–Crippen MR) is 44.3 cm³/mol. The Morgan fingerprint density at radius 3 is 2.92 bits per heavy atom. The molecule has 0 aromatic carbocycles. The first kappa shape index (κ1) is 9.01. The first-order chi connectivity index (χ1) is 5.74. The van der Waals surface area contributed by atoms with E-state index in [0.29, 0.717) is 13.0 Å². The van der Waals surface area contributed by atoms with Crippen LogP contribution in [0.2, 0.25) is 0 Å². The number of hydrogen-bond donors (Lipinski definition) is 0. The maximum Gasteiger partial charge on any atom is 0.236 e. The van der Waals surface area contributed by atoms with Crippen molar-refractivity contribution in [2.75, 3.05) is 33.2 Å². The summed E-state index contributed by atoms with van der Waals surface area (Å²) < 4.78 is 0. The van der Waals surface area contributed by atoms with E-state index in [0.717, 1.165) is 19.6 Å². The molecular weight excluding hydrogens is 154 g/mol.